The number of fused-ring (bicyclic) bond motifs is 1. The van der Waals surface area contributed by atoms with Crippen LogP contribution in [0.25, 0.3) is 11.0 Å². The molecular formula is C31H42N2O3S. The Morgan fingerprint density at radius 2 is 1.70 bits per heavy atom. The Labute approximate surface area is 227 Å². The summed E-state index contributed by atoms with van der Waals surface area (Å²) in [5.41, 5.74) is 4.73. The lowest BCUT2D eigenvalue weighted by Gasteiger charge is -2.30. The van der Waals surface area contributed by atoms with Gasteiger partial charge in [-0.05, 0) is 85.0 Å². The van der Waals surface area contributed by atoms with Gasteiger partial charge in [0.05, 0.1) is 6.61 Å². The summed E-state index contributed by atoms with van der Waals surface area (Å²) in [4.78, 5) is 11.7. The van der Waals surface area contributed by atoms with Crippen molar-refractivity contribution in [1.82, 2.24) is 5.32 Å². The van der Waals surface area contributed by atoms with E-state index >= 15 is 0 Å². The van der Waals surface area contributed by atoms with Gasteiger partial charge in [0.1, 0.15) is 11.3 Å². The number of rotatable bonds is 11. The van der Waals surface area contributed by atoms with Crippen molar-refractivity contribution in [2.45, 2.75) is 85.0 Å². The zero-order chi connectivity index (χ0) is 27.2. The first-order chi connectivity index (χ1) is 17.5. The third kappa shape index (κ3) is 7.35. The van der Waals surface area contributed by atoms with E-state index in [-0.39, 0.29) is 16.5 Å². The van der Waals surface area contributed by atoms with Crippen molar-refractivity contribution in [1.29, 1.82) is 0 Å². The fraction of sp³-hybridized carbons (Fsp3) is 0.484. The minimum absolute atomic E-state index is 0.0541. The molecule has 0 spiro atoms. The van der Waals surface area contributed by atoms with Crippen molar-refractivity contribution in [2.75, 3.05) is 18.5 Å². The number of hydrogen-bond acceptors (Lipinski definition) is 4. The van der Waals surface area contributed by atoms with Crippen LogP contribution in [0, 0.1) is 6.92 Å². The summed E-state index contributed by atoms with van der Waals surface area (Å²) in [6.45, 7) is 17.0. The number of ether oxygens (including phenoxy) is 1. The van der Waals surface area contributed by atoms with E-state index < -0.39 is 0 Å². The van der Waals surface area contributed by atoms with Crippen LogP contribution in [0.1, 0.15) is 83.9 Å². The number of nitrogens with one attached hydrogen (secondary N) is 2. The highest BCUT2D eigenvalue weighted by Crippen LogP contribution is 2.38. The molecule has 200 valence electrons. The molecule has 2 aromatic carbocycles. The SMILES string of the molecule is CCC(C)(C)c1ccc(OCCCCNC(=S)Nc2ccc3c(C)cc(=O)oc3c2)c(C(C)(C)CC)c1. The van der Waals surface area contributed by atoms with Crippen molar-refractivity contribution in [2.24, 2.45) is 0 Å². The lowest BCUT2D eigenvalue weighted by atomic mass is 9.76. The van der Waals surface area contributed by atoms with Crippen LogP contribution in [0.3, 0.4) is 0 Å². The molecule has 0 unspecified atom stereocenters. The summed E-state index contributed by atoms with van der Waals surface area (Å²) in [7, 11) is 0. The quantitative estimate of drug-likeness (QED) is 0.153. The van der Waals surface area contributed by atoms with E-state index in [2.05, 4.69) is 70.4 Å². The van der Waals surface area contributed by atoms with Gasteiger partial charge in [0, 0.05) is 35.3 Å². The third-order valence-electron chi connectivity index (χ3n) is 7.58. The molecule has 1 heterocycles. The molecule has 0 radical (unpaired) electrons. The molecule has 0 amide bonds. The number of aryl methyl sites for hydroxylation is 1. The third-order valence-corrected chi connectivity index (χ3v) is 7.83. The summed E-state index contributed by atoms with van der Waals surface area (Å²) in [6.07, 6.45) is 4.00. The molecule has 0 aliphatic carbocycles. The first-order valence-electron chi connectivity index (χ1n) is 13.3. The Kier molecular flexibility index (Phi) is 9.41. The molecule has 5 nitrogen and oxygen atoms in total. The molecule has 0 saturated heterocycles. The summed E-state index contributed by atoms with van der Waals surface area (Å²) in [5.74, 6) is 0.992. The van der Waals surface area contributed by atoms with Gasteiger partial charge in [-0.15, -0.1) is 0 Å². The molecule has 0 atom stereocenters. The van der Waals surface area contributed by atoms with Crippen molar-refractivity contribution in [3.8, 4) is 5.75 Å². The molecule has 0 fully saturated rings. The summed E-state index contributed by atoms with van der Waals surface area (Å²) >= 11 is 5.44. The number of unbranched alkanes of at least 4 members (excludes halogenated alkanes) is 1. The van der Waals surface area contributed by atoms with Gasteiger partial charge in [0.25, 0.3) is 0 Å². The van der Waals surface area contributed by atoms with Crippen molar-refractivity contribution in [3.05, 3.63) is 69.6 Å². The highest BCUT2D eigenvalue weighted by molar-refractivity contribution is 7.80. The van der Waals surface area contributed by atoms with Gasteiger partial charge in [-0.2, -0.15) is 0 Å². The Balaban J connectivity index is 1.50. The lowest BCUT2D eigenvalue weighted by molar-refractivity contribution is 0.296. The first-order valence-corrected chi connectivity index (χ1v) is 13.7. The minimum Gasteiger partial charge on any atom is -0.493 e. The smallest absolute Gasteiger partial charge is 0.336 e. The number of anilines is 1. The predicted molar refractivity (Wildman–Crippen MR) is 159 cm³/mol. The van der Waals surface area contributed by atoms with Gasteiger partial charge in [-0.1, -0.05) is 53.7 Å². The average molecular weight is 523 g/mol. The average Bonchev–Trinajstić information content (AvgIpc) is 2.85. The monoisotopic (exact) mass is 522 g/mol. The van der Waals surface area contributed by atoms with Crippen LogP contribution in [0.4, 0.5) is 5.69 Å². The number of hydrogen-bond donors (Lipinski definition) is 2. The van der Waals surface area contributed by atoms with E-state index in [4.69, 9.17) is 21.4 Å². The second kappa shape index (κ2) is 12.1. The van der Waals surface area contributed by atoms with Gasteiger partial charge < -0.3 is 19.8 Å². The molecule has 3 rings (SSSR count). The fourth-order valence-electron chi connectivity index (χ4n) is 4.19. The Morgan fingerprint density at radius 3 is 2.41 bits per heavy atom. The molecular weight excluding hydrogens is 480 g/mol. The molecule has 0 aliphatic heterocycles. The van der Waals surface area contributed by atoms with E-state index in [0.717, 1.165) is 54.6 Å². The van der Waals surface area contributed by atoms with Crippen LogP contribution in [0.5, 0.6) is 5.75 Å². The standard InChI is InChI=1S/C31H42N2O3S/c1-8-30(4,5)22-12-15-26(25(19-22)31(6,7)9-2)35-17-11-10-16-32-29(37)33-23-13-14-24-21(3)18-28(34)36-27(24)20-23/h12-15,18-20H,8-11,16-17H2,1-7H3,(H2,32,33,37). The second-order valence-corrected chi connectivity index (χ2v) is 11.5. The topological polar surface area (TPSA) is 63.5 Å². The van der Waals surface area contributed by atoms with Crippen LogP contribution in [-0.2, 0) is 10.8 Å². The molecule has 1 aromatic heterocycles. The number of thiocarbonyl (C=S) groups is 1. The molecule has 2 N–H and O–H groups in total. The van der Waals surface area contributed by atoms with Crippen molar-refractivity contribution < 1.29 is 9.15 Å². The van der Waals surface area contributed by atoms with Crippen LogP contribution < -0.4 is 21.0 Å². The van der Waals surface area contributed by atoms with Crippen molar-refractivity contribution >= 4 is 34.0 Å². The molecule has 0 saturated carbocycles. The molecule has 3 aromatic rings. The lowest BCUT2D eigenvalue weighted by Crippen LogP contribution is -2.29. The molecule has 37 heavy (non-hydrogen) atoms. The maximum absolute atomic E-state index is 11.7. The maximum Gasteiger partial charge on any atom is 0.336 e. The zero-order valence-corrected chi connectivity index (χ0v) is 24.2. The van der Waals surface area contributed by atoms with E-state index in [1.54, 1.807) is 6.07 Å². The largest absolute Gasteiger partial charge is 0.493 e. The van der Waals surface area contributed by atoms with Crippen LogP contribution in [-0.4, -0.2) is 18.3 Å². The second-order valence-electron chi connectivity index (χ2n) is 11.1. The van der Waals surface area contributed by atoms with Gasteiger partial charge in [-0.3, -0.25) is 0 Å². The Hall–Kier alpha value is -2.86. The molecule has 0 bridgehead atoms. The van der Waals surface area contributed by atoms with E-state index in [9.17, 15) is 4.79 Å². The van der Waals surface area contributed by atoms with E-state index in [0.29, 0.717) is 17.3 Å². The highest BCUT2D eigenvalue weighted by Gasteiger charge is 2.26. The normalized spacial score (nSPS) is 12.0. The predicted octanol–water partition coefficient (Wildman–Crippen LogP) is 7.62. The van der Waals surface area contributed by atoms with Crippen molar-refractivity contribution in [3.63, 3.8) is 0 Å². The van der Waals surface area contributed by atoms with Gasteiger partial charge in [-0.25, -0.2) is 4.79 Å². The fourth-order valence-corrected chi connectivity index (χ4v) is 4.41. The van der Waals surface area contributed by atoms with Gasteiger partial charge in [0.15, 0.2) is 5.11 Å². The van der Waals surface area contributed by atoms with Crippen LogP contribution in [0.15, 0.2) is 51.7 Å². The summed E-state index contributed by atoms with van der Waals surface area (Å²) in [6, 6.07) is 13.9. The zero-order valence-electron chi connectivity index (χ0n) is 23.4. The summed E-state index contributed by atoms with van der Waals surface area (Å²) in [5, 5.41) is 7.87. The Bertz CT molecular complexity index is 1290. The van der Waals surface area contributed by atoms with Crippen LogP contribution >= 0.6 is 12.2 Å². The number of benzene rings is 2. The molecule has 0 aliphatic rings. The van der Waals surface area contributed by atoms with Gasteiger partial charge >= 0.3 is 5.63 Å². The highest BCUT2D eigenvalue weighted by atomic mass is 32.1. The maximum atomic E-state index is 11.7. The van der Waals surface area contributed by atoms with Crippen LogP contribution in [0.2, 0.25) is 0 Å². The first kappa shape index (κ1) is 28.7. The van der Waals surface area contributed by atoms with E-state index in [1.165, 1.54) is 17.2 Å². The van der Waals surface area contributed by atoms with Gasteiger partial charge in [0.2, 0.25) is 0 Å². The minimum atomic E-state index is -0.351. The summed E-state index contributed by atoms with van der Waals surface area (Å²) < 4.78 is 11.6. The van der Waals surface area contributed by atoms with E-state index in [1.807, 2.05) is 19.1 Å². The molecule has 6 heteroatoms. The Morgan fingerprint density at radius 1 is 0.973 bits per heavy atom.